The van der Waals surface area contributed by atoms with E-state index in [1.807, 2.05) is 6.92 Å². The molecule has 116 valence electrons. The molecule has 1 aliphatic rings. The second-order valence-electron chi connectivity index (χ2n) is 5.50. The number of halogens is 4. The quantitative estimate of drug-likeness (QED) is 0.830. The molecule has 1 aromatic carbocycles. The minimum Gasteiger partial charge on any atom is -0.337 e. The molecule has 0 saturated carbocycles. The van der Waals surface area contributed by atoms with Gasteiger partial charge in [0.25, 0.3) is 5.91 Å². The molecule has 21 heavy (non-hydrogen) atoms. The van der Waals surface area contributed by atoms with Crippen LogP contribution in [0.2, 0.25) is 0 Å². The predicted molar refractivity (Wildman–Crippen MR) is 76.8 cm³/mol. The van der Waals surface area contributed by atoms with Gasteiger partial charge in [0.2, 0.25) is 0 Å². The van der Waals surface area contributed by atoms with E-state index in [-0.39, 0.29) is 22.0 Å². The highest BCUT2D eigenvalue weighted by Crippen LogP contribution is 2.35. The van der Waals surface area contributed by atoms with Crippen molar-refractivity contribution in [1.29, 1.82) is 0 Å². The molecule has 1 heterocycles. The zero-order valence-corrected chi connectivity index (χ0v) is 13.0. The Labute approximate surface area is 129 Å². The van der Waals surface area contributed by atoms with E-state index in [1.54, 1.807) is 0 Å². The smallest absolute Gasteiger partial charge is 0.337 e. The van der Waals surface area contributed by atoms with Crippen molar-refractivity contribution in [2.45, 2.75) is 25.6 Å². The molecule has 1 aliphatic heterocycles. The van der Waals surface area contributed by atoms with Crippen molar-refractivity contribution < 1.29 is 18.0 Å². The summed E-state index contributed by atoms with van der Waals surface area (Å²) < 4.78 is 38.6. The van der Waals surface area contributed by atoms with Crippen LogP contribution in [0.4, 0.5) is 13.2 Å². The number of benzene rings is 1. The minimum atomic E-state index is -4.50. The fourth-order valence-electron chi connectivity index (χ4n) is 2.62. The predicted octanol–water partition coefficient (Wildman–Crippen LogP) is 3.28. The van der Waals surface area contributed by atoms with Gasteiger partial charge >= 0.3 is 6.18 Å². The molecular weight excluding hydrogens is 349 g/mol. The number of carbonyl (C=O) groups excluding carboxylic acids is 1. The van der Waals surface area contributed by atoms with Gasteiger partial charge in [-0.15, -0.1) is 0 Å². The SMILES string of the molecule is CC1CC(N)CN(C(=O)c2ccc(Br)c(C(F)(F)F)c2)C1. The number of amides is 1. The van der Waals surface area contributed by atoms with Crippen molar-refractivity contribution >= 4 is 21.8 Å². The molecule has 0 radical (unpaired) electrons. The van der Waals surface area contributed by atoms with E-state index < -0.39 is 17.6 Å². The van der Waals surface area contributed by atoms with E-state index in [9.17, 15) is 18.0 Å². The third-order valence-corrected chi connectivity index (χ3v) is 4.19. The van der Waals surface area contributed by atoms with Gasteiger partial charge in [0.1, 0.15) is 0 Å². The Morgan fingerprint density at radius 1 is 1.38 bits per heavy atom. The van der Waals surface area contributed by atoms with Gasteiger partial charge in [0.05, 0.1) is 5.56 Å². The average Bonchev–Trinajstić information content (AvgIpc) is 2.36. The van der Waals surface area contributed by atoms with Crippen molar-refractivity contribution in [2.24, 2.45) is 11.7 Å². The molecule has 0 aliphatic carbocycles. The Hall–Kier alpha value is -1.08. The highest BCUT2D eigenvalue weighted by molar-refractivity contribution is 9.10. The standard InChI is InChI=1S/C14H16BrF3N2O/c1-8-4-10(19)7-20(6-8)13(21)9-2-3-12(15)11(5-9)14(16,17)18/h2-3,5,8,10H,4,6-7,19H2,1H3. The Balaban J connectivity index is 2.27. The number of rotatable bonds is 1. The molecule has 0 bridgehead atoms. The van der Waals surface area contributed by atoms with Gasteiger partial charge in [-0.1, -0.05) is 22.9 Å². The number of carbonyl (C=O) groups is 1. The molecule has 0 aromatic heterocycles. The molecule has 1 saturated heterocycles. The van der Waals surface area contributed by atoms with Gasteiger partial charge in [0, 0.05) is 29.2 Å². The Bertz CT molecular complexity index is 538. The second-order valence-corrected chi connectivity index (χ2v) is 6.36. The molecular formula is C14H16BrF3N2O. The summed E-state index contributed by atoms with van der Waals surface area (Å²) in [5.41, 5.74) is 5.06. The highest BCUT2D eigenvalue weighted by atomic mass is 79.9. The first kappa shape index (κ1) is 16.3. The fraction of sp³-hybridized carbons (Fsp3) is 0.500. The van der Waals surface area contributed by atoms with Crippen LogP contribution < -0.4 is 5.73 Å². The fourth-order valence-corrected chi connectivity index (χ4v) is 3.10. The molecule has 1 fully saturated rings. The summed E-state index contributed by atoms with van der Waals surface area (Å²) in [6.07, 6.45) is -3.68. The molecule has 2 N–H and O–H groups in total. The molecule has 1 aromatic rings. The lowest BCUT2D eigenvalue weighted by Gasteiger charge is -2.35. The Morgan fingerprint density at radius 2 is 2.05 bits per heavy atom. The van der Waals surface area contributed by atoms with E-state index in [2.05, 4.69) is 15.9 Å². The summed E-state index contributed by atoms with van der Waals surface area (Å²) in [6.45, 7) is 2.87. The van der Waals surface area contributed by atoms with Gasteiger partial charge < -0.3 is 10.6 Å². The zero-order valence-electron chi connectivity index (χ0n) is 11.5. The second kappa shape index (κ2) is 5.96. The van der Waals surface area contributed by atoms with Crippen LogP contribution in [0.15, 0.2) is 22.7 Å². The van der Waals surface area contributed by atoms with Crippen LogP contribution in [-0.2, 0) is 6.18 Å². The molecule has 2 unspecified atom stereocenters. The summed E-state index contributed by atoms with van der Waals surface area (Å²) >= 11 is 2.87. The number of hydrogen-bond acceptors (Lipinski definition) is 2. The van der Waals surface area contributed by atoms with Crippen LogP contribution in [-0.4, -0.2) is 29.9 Å². The van der Waals surface area contributed by atoms with Crippen LogP contribution in [0.3, 0.4) is 0 Å². The van der Waals surface area contributed by atoms with Crippen molar-refractivity contribution in [3.63, 3.8) is 0 Å². The molecule has 7 heteroatoms. The summed E-state index contributed by atoms with van der Waals surface area (Å²) in [7, 11) is 0. The third-order valence-electron chi connectivity index (χ3n) is 3.50. The zero-order chi connectivity index (χ0) is 15.8. The van der Waals surface area contributed by atoms with Crippen molar-refractivity contribution in [3.05, 3.63) is 33.8 Å². The van der Waals surface area contributed by atoms with Crippen molar-refractivity contribution in [3.8, 4) is 0 Å². The van der Waals surface area contributed by atoms with Crippen LogP contribution >= 0.6 is 15.9 Å². The van der Waals surface area contributed by atoms with E-state index in [0.717, 1.165) is 12.5 Å². The monoisotopic (exact) mass is 364 g/mol. The lowest BCUT2D eigenvalue weighted by molar-refractivity contribution is -0.138. The highest BCUT2D eigenvalue weighted by Gasteiger charge is 2.34. The summed E-state index contributed by atoms with van der Waals surface area (Å²) in [5.74, 6) is -0.162. The van der Waals surface area contributed by atoms with Gasteiger partial charge in [-0.05, 0) is 30.5 Å². The van der Waals surface area contributed by atoms with Gasteiger partial charge in [0.15, 0.2) is 0 Å². The summed E-state index contributed by atoms with van der Waals surface area (Å²) in [4.78, 5) is 13.9. The summed E-state index contributed by atoms with van der Waals surface area (Å²) in [6, 6.07) is 3.41. The third kappa shape index (κ3) is 3.77. The largest absolute Gasteiger partial charge is 0.417 e. The maximum absolute atomic E-state index is 12.9. The first-order valence-corrected chi connectivity index (χ1v) is 7.39. The Kier molecular flexibility index (Phi) is 4.63. The maximum Gasteiger partial charge on any atom is 0.417 e. The van der Waals surface area contributed by atoms with E-state index in [1.165, 1.54) is 17.0 Å². The van der Waals surface area contributed by atoms with Gasteiger partial charge in [-0.25, -0.2) is 0 Å². The number of nitrogens with zero attached hydrogens (tertiary/aromatic N) is 1. The summed E-state index contributed by atoms with van der Waals surface area (Å²) in [5, 5.41) is 0. The normalized spacial score (nSPS) is 23.2. The maximum atomic E-state index is 12.9. The molecule has 3 nitrogen and oxygen atoms in total. The number of nitrogens with two attached hydrogens (primary N) is 1. The topological polar surface area (TPSA) is 46.3 Å². The van der Waals surface area contributed by atoms with Crippen LogP contribution in [0.25, 0.3) is 0 Å². The van der Waals surface area contributed by atoms with Crippen LogP contribution in [0, 0.1) is 5.92 Å². The van der Waals surface area contributed by atoms with Gasteiger partial charge in [-0.2, -0.15) is 13.2 Å². The van der Waals surface area contributed by atoms with E-state index in [0.29, 0.717) is 13.1 Å². The molecule has 0 spiro atoms. The lowest BCUT2D eigenvalue weighted by Crippen LogP contribution is -2.48. The first-order chi connectivity index (χ1) is 9.68. The molecule has 1 amide bonds. The Morgan fingerprint density at radius 3 is 2.62 bits per heavy atom. The average molecular weight is 365 g/mol. The number of likely N-dealkylation sites (tertiary alicyclic amines) is 1. The van der Waals surface area contributed by atoms with Crippen LogP contribution in [0.1, 0.15) is 29.3 Å². The first-order valence-electron chi connectivity index (χ1n) is 6.60. The van der Waals surface area contributed by atoms with Crippen molar-refractivity contribution in [1.82, 2.24) is 4.90 Å². The lowest BCUT2D eigenvalue weighted by atomic mass is 9.96. The minimum absolute atomic E-state index is 0.0341. The number of alkyl halides is 3. The molecule has 2 rings (SSSR count). The number of hydrogen-bond donors (Lipinski definition) is 1. The van der Waals surface area contributed by atoms with Gasteiger partial charge in [-0.3, -0.25) is 4.79 Å². The van der Waals surface area contributed by atoms with E-state index in [4.69, 9.17) is 5.73 Å². The van der Waals surface area contributed by atoms with E-state index >= 15 is 0 Å². The van der Waals surface area contributed by atoms with Crippen molar-refractivity contribution in [2.75, 3.05) is 13.1 Å². The van der Waals surface area contributed by atoms with Crippen LogP contribution in [0.5, 0.6) is 0 Å². The number of piperidine rings is 1. The molecule has 2 atom stereocenters.